The van der Waals surface area contributed by atoms with E-state index in [1.807, 2.05) is 0 Å². The normalized spacial score (nSPS) is 13.9. The first-order valence-electron chi connectivity index (χ1n) is 4.29. The van der Waals surface area contributed by atoms with Crippen LogP contribution in [0.4, 0.5) is 13.2 Å². The molecule has 0 saturated carbocycles. The maximum Gasteiger partial charge on any atom is 0.416 e. The molecule has 0 amide bonds. The third-order valence-electron chi connectivity index (χ3n) is 2.03. The number of nitrogens with two attached hydrogens (primary N) is 2. The van der Waals surface area contributed by atoms with Crippen molar-refractivity contribution in [2.24, 2.45) is 11.5 Å². The van der Waals surface area contributed by atoms with Crippen molar-refractivity contribution >= 4 is 23.2 Å². The Morgan fingerprint density at radius 3 is 1.94 bits per heavy atom. The fourth-order valence-corrected chi connectivity index (χ4v) is 1.99. The Labute approximate surface area is 100 Å². The summed E-state index contributed by atoms with van der Waals surface area (Å²) in [6.45, 7) is 0.0464. The van der Waals surface area contributed by atoms with Gasteiger partial charge in [0.25, 0.3) is 0 Å². The molecule has 0 fully saturated rings. The average Bonchev–Trinajstić information content (AvgIpc) is 2.14. The van der Waals surface area contributed by atoms with E-state index in [0.29, 0.717) is 0 Å². The van der Waals surface area contributed by atoms with Gasteiger partial charge >= 0.3 is 6.18 Å². The molecule has 0 aliphatic carbocycles. The van der Waals surface area contributed by atoms with E-state index in [9.17, 15) is 13.2 Å². The largest absolute Gasteiger partial charge is 0.416 e. The summed E-state index contributed by atoms with van der Waals surface area (Å²) in [6, 6.07) is 0.901. The summed E-state index contributed by atoms with van der Waals surface area (Å²) in [5, 5.41) is -0.254. The number of alkyl halides is 3. The lowest BCUT2D eigenvalue weighted by Gasteiger charge is -2.16. The van der Waals surface area contributed by atoms with Crippen LogP contribution >= 0.6 is 23.2 Å². The Hall–Kier alpha value is -0.490. The highest BCUT2D eigenvalue weighted by Crippen LogP contribution is 2.37. The van der Waals surface area contributed by atoms with Crippen molar-refractivity contribution in [3.05, 3.63) is 33.3 Å². The Balaban J connectivity index is 3.28. The van der Waals surface area contributed by atoms with Crippen LogP contribution in [-0.4, -0.2) is 6.54 Å². The third kappa shape index (κ3) is 2.79. The van der Waals surface area contributed by atoms with E-state index in [0.717, 1.165) is 12.1 Å². The van der Waals surface area contributed by atoms with E-state index in [1.54, 1.807) is 0 Å². The van der Waals surface area contributed by atoms with Gasteiger partial charge in [0.1, 0.15) is 0 Å². The molecule has 4 N–H and O–H groups in total. The average molecular weight is 273 g/mol. The molecule has 0 saturated heterocycles. The molecule has 16 heavy (non-hydrogen) atoms. The molecule has 1 atom stereocenters. The van der Waals surface area contributed by atoms with Crippen LogP contribution in [0.2, 0.25) is 10.0 Å². The van der Waals surface area contributed by atoms with Crippen LogP contribution in [0.3, 0.4) is 0 Å². The minimum Gasteiger partial charge on any atom is -0.329 e. The second kappa shape index (κ2) is 4.79. The number of halogens is 5. The highest BCUT2D eigenvalue weighted by Gasteiger charge is 2.32. The van der Waals surface area contributed by atoms with E-state index < -0.39 is 17.8 Å². The second-order valence-electron chi connectivity index (χ2n) is 3.19. The SMILES string of the molecule is NCC(N)c1c(Cl)cc(C(F)(F)F)cc1Cl. The van der Waals surface area contributed by atoms with Crippen molar-refractivity contribution in [1.29, 1.82) is 0 Å². The van der Waals surface area contributed by atoms with Crippen molar-refractivity contribution in [2.75, 3.05) is 6.54 Å². The maximum absolute atomic E-state index is 12.4. The van der Waals surface area contributed by atoms with Crippen LogP contribution in [0.25, 0.3) is 0 Å². The molecule has 1 aromatic carbocycles. The van der Waals surface area contributed by atoms with Crippen molar-refractivity contribution < 1.29 is 13.2 Å². The predicted octanol–water partition coefficient (Wildman–Crippen LogP) is 2.97. The van der Waals surface area contributed by atoms with Crippen LogP contribution in [0, 0.1) is 0 Å². The first kappa shape index (κ1) is 13.6. The van der Waals surface area contributed by atoms with Gasteiger partial charge in [-0.3, -0.25) is 0 Å². The van der Waals surface area contributed by atoms with Crippen LogP contribution in [0.15, 0.2) is 12.1 Å². The molecule has 0 spiro atoms. The lowest BCUT2D eigenvalue weighted by atomic mass is 10.0. The summed E-state index contributed by atoms with van der Waals surface area (Å²) in [7, 11) is 0. The molecule has 2 nitrogen and oxygen atoms in total. The molecule has 0 radical (unpaired) electrons. The molecule has 1 unspecified atom stereocenters. The van der Waals surface area contributed by atoms with Gasteiger partial charge in [-0.15, -0.1) is 0 Å². The van der Waals surface area contributed by atoms with Gasteiger partial charge in [0.15, 0.2) is 0 Å². The van der Waals surface area contributed by atoms with Gasteiger partial charge in [0.05, 0.1) is 5.56 Å². The van der Waals surface area contributed by atoms with Gasteiger partial charge in [-0.25, -0.2) is 0 Å². The lowest BCUT2D eigenvalue weighted by molar-refractivity contribution is -0.137. The first-order chi connectivity index (χ1) is 7.27. The summed E-state index contributed by atoms with van der Waals surface area (Å²) < 4.78 is 37.2. The molecular weight excluding hydrogens is 264 g/mol. The zero-order chi connectivity index (χ0) is 12.5. The zero-order valence-corrected chi connectivity index (χ0v) is 9.50. The van der Waals surface area contributed by atoms with Gasteiger partial charge in [-0.2, -0.15) is 13.2 Å². The van der Waals surface area contributed by atoms with E-state index in [4.69, 9.17) is 34.7 Å². The first-order valence-corrected chi connectivity index (χ1v) is 5.04. The van der Waals surface area contributed by atoms with Crippen molar-refractivity contribution in [3.8, 4) is 0 Å². The number of benzene rings is 1. The Morgan fingerprint density at radius 1 is 1.19 bits per heavy atom. The van der Waals surface area contributed by atoms with Crippen LogP contribution in [0.1, 0.15) is 17.2 Å². The minimum absolute atomic E-state index is 0.0464. The van der Waals surface area contributed by atoms with Crippen LogP contribution < -0.4 is 11.5 Å². The molecule has 1 aromatic rings. The zero-order valence-electron chi connectivity index (χ0n) is 7.98. The molecule has 1 rings (SSSR count). The van der Waals surface area contributed by atoms with E-state index in [1.165, 1.54) is 0 Å². The molecule has 0 aliphatic heterocycles. The highest BCUT2D eigenvalue weighted by molar-refractivity contribution is 6.36. The fraction of sp³-hybridized carbons (Fsp3) is 0.333. The van der Waals surface area contributed by atoms with E-state index in [-0.39, 0.29) is 22.2 Å². The topological polar surface area (TPSA) is 52.0 Å². The molecule has 0 bridgehead atoms. The molecule has 0 heterocycles. The number of rotatable bonds is 2. The second-order valence-corrected chi connectivity index (χ2v) is 4.01. The monoisotopic (exact) mass is 272 g/mol. The van der Waals surface area contributed by atoms with Crippen LogP contribution in [0.5, 0.6) is 0 Å². The molecule has 90 valence electrons. The Bertz CT molecular complexity index is 370. The van der Waals surface area contributed by atoms with Crippen molar-refractivity contribution in [3.63, 3.8) is 0 Å². The smallest absolute Gasteiger partial charge is 0.329 e. The van der Waals surface area contributed by atoms with E-state index in [2.05, 4.69) is 0 Å². The summed E-state index contributed by atoms with van der Waals surface area (Å²) >= 11 is 11.4. The molecular formula is C9H9Cl2F3N2. The standard InChI is InChI=1S/C9H9Cl2F3N2/c10-5-1-4(9(12,13)14)2-6(11)8(5)7(16)3-15/h1-2,7H,3,15-16H2. The Morgan fingerprint density at radius 2 is 1.62 bits per heavy atom. The minimum atomic E-state index is -4.49. The fourth-order valence-electron chi connectivity index (χ4n) is 1.22. The van der Waals surface area contributed by atoms with Gasteiger partial charge in [-0.05, 0) is 12.1 Å². The quantitative estimate of drug-likeness (QED) is 0.870. The summed E-state index contributed by atoms with van der Waals surface area (Å²) in [6.07, 6.45) is -4.49. The van der Waals surface area contributed by atoms with Gasteiger partial charge < -0.3 is 11.5 Å². The summed E-state index contributed by atoms with van der Waals surface area (Å²) in [5.41, 5.74) is 10.2. The van der Waals surface area contributed by atoms with Gasteiger partial charge in [-0.1, -0.05) is 23.2 Å². The highest BCUT2D eigenvalue weighted by atomic mass is 35.5. The van der Waals surface area contributed by atoms with Crippen molar-refractivity contribution in [2.45, 2.75) is 12.2 Å². The summed E-state index contributed by atoms with van der Waals surface area (Å²) in [4.78, 5) is 0. The lowest BCUT2D eigenvalue weighted by Crippen LogP contribution is -2.22. The predicted molar refractivity (Wildman–Crippen MR) is 57.4 cm³/mol. The Kier molecular flexibility index (Phi) is 4.07. The molecule has 7 heteroatoms. The summed E-state index contributed by atoms with van der Waals surface area (Å²) in [5.74, 6) is 0. The molecule has 0 aromatic heterocycles. The van der Waals surface area contributed by atoms with Gasteiger partial charge in [0.2, 0.25) is 0 Å². The van der Waals surface area contributed by atoms with Crippen molar-refractivity contribution in [1.82, 2.24) is 0 Å². The molecule has 0 aliphatic rings. The number of hydrogen-bond donors (Lipinski definition) is 2. The van der Waals surface area contributed by atoms with Crippen LogP contribution in [-0.2, 0) is 6.18 Å². The van der Waals surface area contributed by atoms with E-state index >= 15 is 0 Å². The maximum atomic E-state index is 12.4. The number of hydrogen-bond acceptors (Lipinski definition) is 2. The van der Waals surface area contributed by atoms with Gasteiger partial charge in [0, 0.05) is 28.2 Å². The third-order valence-corrected chi connectivity index (χ3v) is 2.66.